The SMILES string of the molecule is CCNC(=O)c1ccc(CNC(=NCc2ccc(C)c(F)c2)NCC)cc1. The summed E-state index contributed by atoms with van der Waals surface area (Å²) in [6.07, 6.45) is 0. The van der Waals surface area contributed by atoms with Crippen LogP contribution in [0.1, 0.15) is 40.9 Å². The Kier molecular flexibility index (Phi) is 7.79. The van der Waals surface area contributed by atoms with E-state index in [4.69, 9.17) is 0 Å². The number of amides is 1. The molecule has 0 atom stereocenters. The molecule has 0 heterocycles. The fourth-order valence-corrected chi connectivity index (χ4v) is 2.47. The van der Waals surface area contributed by atoms with Gasteiger partial charge in [-0.05, 0) is 55.7 Å². The van der Waals surface area contributed by atoms with Gasteiger partial charge >= 0.3 is 0 Å². The summed E-state index contributed by atoms with van der Waals surface area (Å²) in [6, 6.07) is 12.6. The first-order chi connectivity index (χ1) is 13.0. The summed E-state index contributed by atoms with van der Waals surface area (Å²) in [5.74, 6) is 0.372. The summed E-state index contributed by atoms with van der Waals surface area (Å²) in [4.78, 5) is 16.3. The molecule has 0 aliphatic carbocycles. The highest BCUT2D eigenvalue weighted by Crippen LogP contribution is 2.10. The van der Waals surface area contributed by atoms with Crippen molar-refractivity contribution in [1.29, 1.82) is 0 Å². The van der Waals surface area contributed by atoms with Gasteiger partial charge < -0.3 is 16.0 Å². The lowest BCUT2D eigenvalue weighted by Crippen LogP contribution is -2.36. The van der Waals surface area contributed by atoms with Gasteiger partial charge in [-0.2, -0.15) is 0 Å². The van der Waals surface area contributed by atoms with E-state index in [2.05, 4.69) is 20.9 Å². The largest absolute Gasteiger partial charge is 0.357 e. The molecule has 0 aromatic heterocycles. The fourth-order valence-electron chi connectivity index (χ4n) is 2.47. The molecule has 6 heteroatoms. The Morgan fingerprint density at radius 3 is 2.26 bits per heavy atom. The molecule has 0 bridgehead atoms. The van der Waals surface area contributed by atoms with E-state index in [1.807, 2.05) is 32.0 Å². The average molecular weight is 370 g/mol. The summed E-state index contributed by atoms with van der Waals surface area (Å²) < 4.78 is 13.7. The van der Waals surface area contributed by atoms with E-state index in [1.165, 1.54) is 6.07 Å². The molecule has 0 saturated heterocycles. The predicted octanol–water partition coefficient (Wildman–Crippen LogP) is 3.14. The highest BCUT2D eigenvalue weighted by Gasteiger charge is 2.04. The first kappa shape index (κ1) is 20.4. The van der Waals surface area contributed by atoms with E-state index in [-0.39, 0.29) is 11.7 Å². The number of nitrogens with one attached hydrogen (secondary N) is 3. The highest BCUT2D eigenvalue weighted by molar-refractivity contribution is 5.94. The van der Waals surface area contributed by atoms with Crippen LogP contribution in [0.2, 0.25) is 0 Å². The summed E-state index contributed by atoms with van der Waals surface area (Å²) in [5.41, 5.74) is 3.13. The molecule has 0 unspecified atom stereocenters. The van der Waals surface area contributed by atoms with Crippen molar-refractivity contribution >= 4 is 11.9 Å². The van der Waals surface area contributed by atoms with Crippen molar-refractivity contribution in [2.24, 2.45) is 4.99 Å². The van der Waals surface area contributed by atoms with E-state index in [0.29, 0.717) is 36.7 Å². The summed E-state index contributed by atoms with van der Waals surface area (Å²) in [6.45, 7) is 7.92. The van der Waals surface area contributed by atoms with Gasteiger partial charge in [0.2, 0.25) is 0 Å². The molecule has 0 saturated carbocycles. The molecule has 0 fully saturated rings. The van der Waals surface area contributed by atoms with Gasteiger partial charge in [-0.15, -0.1) is 0 Å². The Morgan fingerprint density at radius 2 is 1.63 bits per heavy atom. The third-order valence-electron chi connectivity index (χ3n) is 4.01. The van der Waals surface area contributed by atoms with Crippen molar-refractivity contribution in [3.8, 4) is 0 Å². The molecular formula is C21H27FN4O. The van der Waals surface area contributed by atoms with E-state index in [1.54, 1.807) is 25.1 Å². The topological polar surface area (TPSA) is 65.5 Å². The predicted molar refractivity (Wildman–Crippen MR) is 107 cm³/mol. The van der Waals surface area contributed by atoms with Crippen LogP contribution in [0, 0.1) is 12.7 Å². The molecule has 3 N–H and O–H groups in total. The van der Waals surface area contributed by atoms with Crippen LogP contribution < -0.4 is 16.0 Å². The second kappa shape index (κ2) is 10.3. The zero-order valence-corrected chi connectivity index (χ0v) is 16.1. The molecule has 5 nitrogen and oxygen atoms in total. The number of nitrogens with zero attached hydrogens (tertiary/aromatic N) is 1. The first-order valence-corrected chi connectivity index (χ1v) is 9.17. The molecule has 0 radical (unpaired) electrons. The molecule has 0 aliphatic rings. The molecule has 27 heavy (non-hydrogen) atoms. The van der Waals surface area contributed by atoms with E-state index in [0.717, 1.165) is 17.7 Å². The van der Waals surface area contributed by atoms with Crippen LogP contribution in [0.4, 0.5) is 4.39 Å². The number of halogens is 1. The van der Waals surface area contributed by atoms with Crippen molar-refractivity contribution < 1.29 is 9.18 Å². The third kappa shape index (κ3) is 6.40. The number of hydrogen-bond acceptors (Lipinski definition) is 2. The van der Waals surface area contributed by atoms with Crippen molar-refractivity contribution in [3.05, 3.63) is 70.5 Å². The Morgan fingerprint density at radius 1 is 0.963 bits per heavy atom. The summed E-state index contributed by atoms with van der Waals surface area (Å²) >= 11 is 0. The minimum Gasteiger partial charge on any atom is -0.357 e. The normalized spacial score (nSPS) is 11.2. The van der Waals surface area contributed by atoms with Gasteiger partial charge in [0.1, 0.15) is 5.82 Å². The molecule has 0 aliphatic heterocycles. The van der Waals surface area contributed by atoms with Crippen LogP contribution in [0.3, 0.4) is 0 Å². The van der Waals surface area contributed by atoms with Crippen LogP contribution in [0.5, 0.6) is 0 Å². The second-order valence-electron chi connectivity index (χ2n) is 6.19. The maximum Gasteiger partial charge on any atom is 0.251 e. The maximum absolute atomic E-state index is 13.7. The van der Waals surface area contributed by atoms with Crippen molar-refractivity contribution in [3.63, 3.8) is 0 Å². The molecule has 2 aromatic carbocycles. The van der Waals surface area contributed by atoms with Gasteiger partial charge in [-0.25, -0.2) is 9.38 Å². The van der Waals surface area contributed by atoms with Crippen molar-refractivity contribution in [2.75, 3.05) is 13.1 Å². The van der Waals surface area contributed by atoms with Gasteiger partial charge in [0.15, 0.2) is 5.96 Å². The lowest BCUT2D eigenvalue weighted by Gasteiger charge is -2.12. The lowest BCUT2D eigenvalue weighted by atomic mass is 10.1. The Hall–Kier alpha value is -2.89. The van der Waals surface area contributed by atoms with Crippen LogP contribution in [-0.2, 0) is 13.1 Å². The molecule has 1 amide bonds. The number of aryl methyl sites for hydroxylation is 1. The minimum absolute atomic E-state index is 0.0720. The standard InChI is InChI=1S/C21H27FN4O/c1-4-23-20(27)18-10-8-16(9-11-18)13-25-21(24-5-2)26-14-17-7-6-15(3)19(22)12-17/h6-12H,4-5,13-14H2,1-3H3,(H,23,27)(H2,24,25,26). The maximum atomic E-state index is 13.7. The summed E-state index contributed by atoms with van der Waals surface area (Å²) in [5, 5.41) is 9.21. The minimum atomic E-state index is -0.215. The van der Waals surface area contributed by atoms with E-state index in [9.17, 15) is 9.18 Å². The number of carbonyl (C=O) groups is 1. The number of carbonyl (C=O) groups excluding carboxylic acids is 1. The number of benzene rings is 2. The number of rotatable bonds is 7. The smallest absolute Gasteiger partial charge is 0.251 e. The monoisotopic (exact) mass is 370 g/mol. The van der Waals surface area contributed by atoms with Crippen molar-refractivity contribution in [1.82, 2.24) is 16.0 Å². The average Bonchev–Trinajstić information content (AvgIpc) is 2.67. The number of guanidine groups is 1. The Bertz CT molecular complexity index is 787. The van der Waals surface area contributed by atoms with E-state index < -0.39 is 0 Å². The zero-order valence-electron chi connectivity index (χ0n) is 16.1. The molecule has 2 rings (SSSR count). The van der Waals surface area contributed by atoms with Crippen LogP contribution in [0.25, 0.3) is 0 Å². The Labute approximate surface area is 160 Å². The second-order valence-corrected chi connectivity index (χ2v) is 6.19. The van der Waals surface area contributed by atoms with Crippen LogP contribution >= 0.6 is 0 Å². The lowest BCUT2D eigenvalue weighted by molar-refractivity contribution is 0.0956. The van der Waals surface area contributed by atoms with Crippen LogP contribution in [-0.4, -0.2) is 25.0 Å². The number of aliphatic imine (C=N–C) groups is 1. The third-order valence-corrected chi connectivity index (χ3v) is 4.01. The summed E-state index contributed by atoms with van der Waals surface area (Å²) in [7, 11) is 0. The van der Waals surface area contributed by atoms with Crippen molar-refractivity contribution in [2.45, 2.75) is 33.9 Å². The van der Waals surface area contributed by atoms with E-state index >= 15 is 0 Å². The molecule has 2 aromatic rings. The van der Waals surface area contributed by atoms with Gasteiger partial charge in [0, 0.05) is 25.2 Å². The molecule has 0 spiro atoms. The Balaban J connectivity index is 1.96. The van der Waals surface area contributed by atoms with Gasteiger partial charge in [0.05, 0.1) is 6.54 Å². The van der Waals surface area contributed by atoms with Gasteiger partial charge in [-0.3, -0.25) is 4.79 Å². The van der Waals surface area contributed by atoms with Crippen LogP contribution in [0.15, 0.2) is 47.5 Å². The van der Waals surface area contributed by atoms with Gasteiger partial charge in [0.25, 0.3) is 5.91 Å². The quantitative estimate of drug-likeness (QED) is 0.518. The number of hydrogen-bond donors (Lipinski definition) is 3. The van der Waals surface area contributed by atoms with Gasteiger partial charge in [-0.1, -0.05) is 24.3 Å². The zero-order chi connectivity index (χ0) is 19.6. The highest BCUT2D eigenvalue weighted by atomic mass is 19.1. The fraction of sp³-hybridized carbons (Fsp3) is 0.333. The molecule has 144 valence electrons. The molecular weight excluding hydrogens is 343 g/mol. The first-order valence-electron chi connectivity index (χ1n) is 9.17.